The van der Waals surface area contributed by atoms with E-state index in [0.717, 1.165) is 12.2 Å². The van der Waals surface area contributed by atoms with Crippen molar-refractivity contribution in [2.75, 3.05) is 13.7 Å². The predicted molar refractivity (Wildman–Crippen MR) is 88.9 cm³/mol. The lowest BCUT2D eigenvalue weighted by Crippen LogP contribution is -2.37. The van der Waals surface area contributed by atoms with Gasteiger partial charge in [-0.15, -0.1) is 0 Å². The van der Waals surface area contributed by atoms with Crippen LogP contribution in [0.4, 0.5) is 0 Å². The monoisotopic (exact) mass is 337 g/mol. The average molecular weight is 337 g/mol. The standard InChI is InChI=1S/C17H27N3O4/c1-5-15-14(8-18-20(15)9-11(2)3)17(23)19-10-13(24-4)6-12(19)7-16(21)22/h8,11-13H,5-7,9-10H2,1-4H3,(H,21,22). The second kappa shape index (κ2) is 7.79. The number of carbonyl (C=O) groups excluding carboxylic acids is 1. The molecule has 1 aliphatic heterocycles. The largest absolute Gasteiger partial charge is 0.481 e. The average Bonchev–Trinajstić information content (AvgIpc) is 3.09. The summed E-state index contributed by atoms with van der Waals surface area (Å²) >= 11 is 0. The summed E-state index contributed by atoms with van der Waals surface area (Å²) < 4.78 is 7.23. The number of carboxylic acid groups (broad SMARTS) is 1. The molecule has 2 unspecified atom stereocenters. The second-order valence-electron chi connectivity index (χ2n) is 6.74. The van der Waals surface area contributed by atoms with Crippen molar-refractivity contribution in [3.63, 3.8) is 0 Å². The number of likely N-dealkylation sites (tertiary alicyclic amines) is 1. The highest BCUT2D eigenvalue weighted by Crippen LogP contribution is 2.26. The normalized spacial score (nSPS) is 20.8. The van der Waals surface area contributed by atoms with Crippen molar-refractivity contribution < 1.29 is 19.4 Å². The van der Waals surface area contributed by atoms with Crippen LogP contribution in [-0.4, -0.2) is 57.5 Å². The first-order valence-corrected chi connectivity index (χ1v) is 8.47. The summed E-state index contributed by atoms with van der Waals surface area (Å²) in [6.45, 7) is 7.40. The number of aromatic nitrogens is 2. The van der Waals surface area contributed by atoms with E-state index < -0.39 is 5.97 Å². The van der Waals surface area contributed by atoms with Crippen LogP contribution >= 0.6 is 0 Å². The van der Waals surface area contributed by atoms with Crippen LogP contribution in [0.3, 0.4) is 0 Å². The smallest absolute Gasteiger partial charge is 0.305 e. The van der Waals surface area contributed by atoms with Crippen molar-refractivity contribution in [3.05, 3.63) is 17.5 Å². The maximum Gasteiger partial charge on any atom is 0.305 e. The summed E-state index contributed by atoms with van der Waals surface area (Å²) in [5.41, 5.74) is 1.48. The highest BCUT2D eigenvalue weighted by atomic mass is 16.5. The number of carbonyl (C=O) groups is 2. The van der Waals surface area contributed by atoms with Crippen LogP contribution < -0.4 is 0 Å². The van der Waals surface area contributed by atoms with Gasteiger partial charge in [0.2, 0.25) is 0 Å². The molecule has 1 aliphatic rings. The molecule has 1 amide bonds. The SMILES string of the molecule is CCc1c(C(=O)N2CC(OC)CC2CC(=O)O)cnn1CC(C)C. The van der Waals surface area contributed by atoms with Crippen molar-refractivity contribution in [1.82, 2.24) is 14.7 Å². The molecular weight excluding hydrogens is 310 g/mol. The van der Waals surface area contributed by atoms with E-state index in [1.807, 2.05) is 11.6 Å². The molecule has 1 aromatic heterocycles. The van der Waals surface area contributed by atoms with E-state index in [9.17, 15) is 9.59 Å². The van der Waals surface area contributed by atoms with Gasteiger partial charge in [0.05, 0.1) is 30.0 Å². The first-order chi connectivity index (χ1) is 11.4. The third kappa shape index (κ3) is 3.95. The van der Waals surface area contributed by atoms with Crippen molar-refractivity contribution in [1.29, 1.82) is 0 Å². The van der Waals surface area contributed by atoms with Crippen molar-refractivity contribution in [2.45, 2.75) is 58.7 Å². The van der Waals surface area contributed by atoms with E-state index in [0.29, 0.717) is 30.9 Å². The molecule has 0 spiro atoms. The molecule has 0 saturated carbocycles. The van der Waals surface area contributed by atoms with Gasteiger partial charge >= 0.3 is 5.97 Å². The Bertz CT molecular complexity index is 597. The van der Waals surface area contributed by atoms with Crippen LogP contribution in [-0.2, 0) is 22.5 Å². The molecule has 0 radical (unpaired) electrons. The Kier molecular flexibility index (Phi) is 5.99. The zero-order valence-electron chi connectivity index (χ0n) is 14.9. The highest BCUT2D eigenvalue weighted by molar-refractivity contribution is 5.95. The number of amides is 1. The first-order valence-electron chi connectivity index (χ1n) is 8.47. The van der Waals surface area contributed by atoms with Crippen molar-refractivity contribution in [3.8, 4) is 0 Å². The van der Waals surface area contributed by atoms with Crippen LogP contribution in [0.5, 0.6) is 0 Å². The van der Waals surface area contributed by atoms with Gasteiger partial charge in [0.1, 0.15) is 0 Å². The third-order valence-corrected chi connectivity index (χ3v) is 4.43. The summed E-state index contributed by atoms with van der Waals surface area (Å²) in [4.78, 5) is 25.7. The first kappa shape index (κ1) is 18.4. The molecule has 0 aromatic carbocycles. The van der Waals surface area contributed by atoms with Crippen LogP contribution in [0.2, 0.25) is 0 Å². The molecule has 7 heteroatoms. The fourth-order valence-electron chi connectivity index (χ4n) is 3.31. The minimum absolute atomic E-state index is 0.0623. The van der Waals surface area contributed by atoms with Gasteiger partial charge in [0.15, 0.2) is 0 Å². The lowest BCUT2D eigenvalue weighted by molar-refractivity contribution is -0.137. The number of carboxylic acids is 1. The lowest BCUT2D eigenvalue weighted by Gasteiger charge is -2.23. The summed E-state index contributed by atoms with van der Waals surface area (Å²) in [5, 5.41) is 13.5. The third-order valence-electron chi connectivity index (χ3n) is 4.43. The van der Waals surface area contributed by atoms with Crippen LogP contribution in [0.25, 0.3) is 0 Å². The maximum atomic E-state index is 13.0. The quantitative estimate of drug-likeness (QED) is 0.820. The topological polar surface area (TPSA) is 84.7 Å². The van der Waals surface area contributed by atoms with Gasteiger partial charge in [-0.25, -0.2) is 0 Å². The molecule has 1 fully saturated rings. The maximum absolute atomic E-state index is 13.0. The Hall–Kier alpha value is -1.89. The zero-order chi connectivity index (χ0) is 17.9. The molecule has 1 aromatic rings. The Morgan fingerprint density at radius 3 is 2.71 bits per heavy atom. The highest BCUT2D eigenvalue weighted by Gasteiger charge is 2.38. The van der Waals surface area contributed by atoms with Gasteiger partial charge in [-0.05, 0) is 18.8 Å². The van der Waals surface area contributed by atoms with Gasteiger partial charge in [0, 0.05) is 26.2 Å². The molecule has 134 valence electrons. The molecule has 2 rings (SSSR count). The molecule has 0 aliphatic carbocycles. The number of hydrogen-bond donors (Lipinski definition) is 1. The summed E-state index contributed by atoms with van der Waals surface area (Å²) in [7, 11) is 1.59. The van der Waals surface area contributed by atoms with Crippen LogP contribution in [0.15, 0.2) is 6.20 Å². The van der Waals surface area contributed by atoms with E-state index in [4.69, 9.17) is 9.84 Å². The van der Waals surface area contributed by atoms with E-state index in [-0.39, 0.29) is 24.5 Å². The fourth-order valence-corrected chi connectivity index (χ4v) is 3.31. The summed E-state index contributed by atoms with van der Waals surface area (Å²) in [5.74, 6) is -0.615. The Labute approximate surface area is 142 Å². The van der Waals surface area contributed by atoms with Crippen molar-refractivity contribution in [2.24, 2.45) is 5.92 Å². The molecule has 2 atom stereocenters. The minimum Gasteiger partial charge on any atom is -0.481 e. The van der Waals surface area contributed by atoms with Crippen LogP contribution in [0.1, 0.15) is 49.7 Å². The fraction of sp³-hybridized carbons (Fsp3) is 0.706. The molecule has 0 bridgehead atoms. The number of rotatable bonds is 7. The number of ether oxygens (including phenoxy) is 1. The Balaban J connectivity index is 2.26. The van der Waals surface area contributed by atoms with E-state index in [1.165, 1.54) is 0 Å². The molecule has 1 N–H and O–H groups in total. The molecular formula is C17H27N3O4. The van der Waals surface area contributed by atoms with Crippen molar-refractivity contribution >= 4 is 11.9 Å². The number of nitrogens with zero attached hydrogens (tertiary/aromatic N) is 3. The number of hydrogen-bond acceptors (Lipinski definition) is 4. The predicted octanol–water partition coefficient (Wildman–Crippen LogP) is 1.81. The van der Waals surface area contributed by atoms with Gasteiger partial charge < -0.3 is 14.7 Å². The molecule has 24 heavy (non-hydrogen) atoms. The Morgan fingerprint density at radius 2 is 2.17 bits per heavy atom. The summed E-state index contributed by atoms with van der Waals surface area (Å²) in [6, 6.07) is -0.335. The zero-order valence-corrected chi connectivity index (χ0v) is 14.9. The molecule has 2 heterocycles. The number of methoxy groups -OCH3 is 1. The van der Waals surface area contributed by atoms with E-state index in [1.54, 1.807) is 18.2 Å². The molecule has 1 saturated heterocycles. The van der Waals surface area contributed by atoms with Crippen LogP contribution in [0, 0.1) is 5.92 Å². The summed E-state index contributed by atoms with van der Waals surface area (Å²) in [6.07, 6.45) is 2.69. The van der Waals surface area contributed by atoms with E-state index in [2.05, 4.69) is 18.9 Å². The van der Waals surface area contributed by atoms with Gasteiger partial charge in [0.25, 0.3) is 5.91 Å². The Morgan fingerprint density at radius 1 is 1.46 bits per heavy atom. The second-order valence-corrected chi connectivity index (χ2v) is 6.74. The molecule has 7 nitrogen and oxygen atoms in total. The van der Waals surface area contributed by atoms with Gasteiger partial charge in [-0.3, -0.25) is 14.3 Å². The minimum atomic E-state index is -0.902. The lowest BCUT2D eigenvalue weighted by atomic mass is 10.1. The van der Waals surface area contributed by atoms with Gasteiger partial charge in [-0.1, -0.05) is 20.8 Å². The number of aliphatic carboxylic acids is 1. The van der Waals surface area contributed by atoms with Gasteiger partial charge in [-0.2, -0.15) is 5.10 Å². The van der Waals surface area contributed by atoms with E-state index >= 15 is 0 Å².